The van der Waals surface area contributed by atoms with Gasteiger partial charge in [0.2, 0.25) is 0 Å². The molecule has 24 heavy (non-hydrogen) atoms. The van der Waals surface area contributed by atoms with Crippen molar-refractivity contribution < 1.29 is 70.5 Å². The van der Waals surface area contributed by atoms with Crippen molar-refractivity contribution in [2.45, 2.75) is 22.7 Å². The lowest BCUT2D eigenvalue weighted by molar-refractivity contribution is -0.307. The van der Waals surface area contributed by atoms with E-state index in [2.05, 4.69) is 9.47 Å². The van der Waals surface area contributed by atoms with Crippen LogP contribution in [0.5, 0.6) is 0 Å². The number of halogens is 8. The molecule has 0 aliphatic rings. The molecule has 0 saturated carbocycles. The standard InChI is InChI=1S/2C3H4F4O4S/c2*1-11-2(4,5)3(6,7)12(8,9)10/h2*1H3,(H,8,9,10)/p-2. The van der Waals surface area contributed by atoms with Crippen molar-refractivity contribution >= 4 is 20.2 Å². The highest BCUT2D eigenvalue weighted by molar-refractivity contribution is 7.87. The normalized spacial score (nSPS) is 14.8. The van der Waals surface area contributed by atoms with Crippen LogP contribution in [-0.2, 0) is 29.7 Å². The summed E-state index contributed by atoms with van der Waals surface area (Å²) in [4.78, 5) is 0. The second-order valence-corrected chi connectivity index (χ2v) is 6.23. The molecule has 0 heterocycles. The van der Waals surface area contributed by atoms with Crippen LogP contribution in [0.3, 0.4) is 0 Å². The maximum atomic E-state index is 11.9. The van der Waals surface area contributed by atoms with E-state index in [0.29, 0.717) is 0 Å². The topological polar surface area (TPSA) is 133 Å². The van der Waals surface area contributed by atoms with Crippen molar-refractivity contribution in [3.8, 4) is 0 Å². The lowest BCUT2D eigenvalue weighted by Crippen LogP contribution is -2.48. The number of methoxy groups -OCH3 is 2. The molecule has 0 rings (SSSR count). The summed E-state index contributed by atoms with van der Waals surface area (Å²) in [6, 6.07) is 0. The molecule has 0 amide bonds. The minimum absolute atomic E-state index is 0.152. The molecule has 0 aliphatic carbocycles. The van der Waals surface area contributed by atoms with Gasteiger partial charge >= 0.3 is 22.7 Å². The molecule has 18 heteroatoms. The quantitative estimate of drug-likeness (QED) is 0.452. The van der Waals surface area contributed by atoms with Gasteiger partial charge in [0.25, 0.3) is 0 Å². The zero-order chi connectivity index (χ0) is 20.4. The van der Waals surface area contributed by atoms with Crippen LogP contribution in [0.2, 0.25) is 0 Å². The minimum Gasteiger partial charge on any atom is -0.743 e. The molecule has 0 bridgehead atoms. The first kappa shape index (κ1) is 25.4. The van der Waals surface area contributed by atoms with Crippen LogP contribution in [0.25, 0.3) is 0 Å². The van der Waals surface area contributed by atoms with Gasteiger partial charge in [-0.15, -0.1) is 0 Å². The average Bonchev–Trinajstić information content (AvgIpc) is 2.36. The molecule has 8 nitrogen and oxygen atoms in total. The Balaban J connectivity index is 0. The monoisotopic (exact) mass is 422 g/mol. The van der Waals surface area contributed by atoms with Crippen LogP contribution >= 0.6 is 0 Å². The van der Waals surface area contributed by atoms with Gasteiger partial charge in [0.1, 0.15) is 0 Å². The van der Waals surface area contributed by atoms with E-state index < -0.39 is 43.0 Å². The summed E-state index contributed by atoms with van der Waals surface area (Å²) >= 11 is 0. The summed E-state index contributed by atoms with van der Waals surface area (Å²) in [5, 5.41) is -11.5. The first-order valence-electron chi connectivity index (χ1n) is 4.64. The van der Waals surface area contributed by atoms with Crippen molar-refractivity contribution in [2.75, 3.05) is 14.2 Å². The fraction of sp³-hybridized carbons (Fsp3) is 1.00. The van der Waals surface area contributed by atoms with Gasteiger partial charge in [-0.1, -0.05) is 0 Å². The molecule has 0 N–H and O–H groups in total. The molecule has 0 unspecified atom stereocenters. The molecule has 0 spiro atoms. The van der Waals surface area contributed by atoms with Crippen LogP contribution in [0.4, 0.5) is 35.1 Å². The highest BCUT2D eigenvalue weighted by atomic mass is 32.2. The molecule has 0 fully saturated rings. The van der Waals surface area contributed by atoms with Gasteiger partial charge in [0.05, 0.1) is 0 Å². The van der Waals surface area contributed by atoms with Gasteiger partial charge < -0.3 is 18.6 Å². The van der Waals surface area contributed by atoms with E-state index in [4.69, 9.17) is 0 Å². The zero-order valence-electron chi connectivity index (χ0n) is 11.1. The predicted molar refractivity (Wildman–Crippen MR) is 53.2 cm³/mol. The van der Waals surface area contributed by atoms with E-state index in [9.17, 15) is 61.1 Å². The predicted octanol–water partition coefficient (Wildman–Crippen LogP) is 0.727. The molecular weight excluding hydrogens is 416 g/mol. The van der Waals surface area contributed by atoms with E-state index in [0.717, 1.165) is 0 Å². The highest BCUT2D eigenvalue weighted by Crippen LogP contribution is 2.39. The lowest BCUT2D eigenvalue weighted by atomic mass is 10.6. The lowest BCUT2D eigenvalue weighted by Gasteiger charge is -2.26. The van der Waals surface area contributed by atoms with E-state index in [-0.39, 0.29) is 14.2 Å². The third-order valence-electron chi connectivity index (χ3n) is 1.82. The molecule has 0 atom stereocenters. The summed E-state index contributed by atoms with van der Waals surface area (Å²) in [6.45, 7) is 0. The summed E-state index contributed by atoms with van der Waals surface area (Å²) < 4.78 is 159. The van der Waals surface area contributed by atoms with Gasteiger partial charge in [-0.2, -0.15) is 35.1 Å². The van der Waals surface area contributed by atoms with Crippen LogP contribution < -0.4 is 0 Å². The van der Waals surface area contributed by atoms with E-state index >= 15 is 0 Å². The molecule has 0 aliphatic heterocycles. The summed E-state index contributed by atoms with van der Waals surface area (Å²) in [5.74, 6) is 0. The smallest absolute Gasteiger partial charge is 0.433 e. The first-order valence-corrected chi connectivity index (χ1v) is 7.46. The van der Waals surface area contributed by atoms with Crippen LogP contribution in [0, 0.1) is 0 Å². The summed E-state index contributed by atoms with van der Waals surface area (Å²) in [7, 11) is -12.6. The van der Waals surface area contributed by atoms with Crippen molar-refractivity contribution in [3.63, 3.8) is 0 Å². The number of ether oxygens (including phenoxy) is 2. The van der Waals surface area contributed by atoms with Crippen molar-refractivity contribution in [3.05, 3.63) is 0 Å². The maximum absolute atomic E-state index is 11.9. The first-order chi connectivity index (χ1) is 10.1. The molecule has 0 saturated heterocycles. The van der Waals surface area contributed by atoms with E-state index in [1.54, 1.807) is 0 Å². The molecule has 0 aromatic heterocycles. The highest BCUT2D eigenvalue weighted by Gasteiger charge is 2.63. The maximum Gasteiger partial charge on any atom is 0.433 e. The fourth-order valence-corrected chi connectivity index (χ4v) is 1.28. The Morgan fingerprint density at radius 2 is 0.792 bits per heavy atom. The van der Waals surface area contributed by atoms with Gasteiger partial charge in [-0.05, 0) is 0 Å². The largest absolute Gasteiger partial charge is 0.743 e. The summed E-state index contributed by atoms with van der Waals surface area (Å²) in [6.07, 6.45) is -10.6. The Hall–Kier alpha value is -0.820. The van der Waals surface area contributed by atoms with E-state index in [1.165, 1.54) is 0 Å². The molecule has 0 aromatic carbocycles. The number of rotatable bonds is 6. The third kappa shape index (κ3) is 5.09. The zero-order valence-corrected chi connectivity index (χ0v) is 12.7. The summed E-state index contributed by atoms with van der Waals surface area (Å²) in [5.41, 5.74) is 0. The molecule has 0 aromatic rings. The van der Waals surface area contributed by atoms with Crippen molar-refractivity contribution in [1.82, 2.24) is 0 Å². The van der Waals surface area contributed by atoms with Gasteiger partial charge in [0.15, 0.2) is 20.2 Å². The van der Waals surface area contributed by atoms with Crippen molar-refractivity contribution in [1.29, 1.82) is 0 Å². The van der Waals surface area contributed by atoms with E-state index in [1.807, 2.05) is 0 Å². The van der Waals surface area contributed by atoms with Gasteiger partial charge in [0, 0.05) is 14.2 Å². The number of alkyl halides is 8. The Labute approximate surface area is 128 Å². The Kier molecular flexibility index (Phi) is 7.62. The van der Waals surface area contributed by atoms with Crippen LogP contribution in [-0.4, -0.2) is 62.9 Å². The number of hydrogen-bond donors (Lipinski definition) is 0. The van der Waals surface area contributed by atoms with Gasteiger partial charge in [-0.3, -0.25) is 0 Å². The Bertz CT molecular complexity index is 571. The second kappa shape index (κ2) is 7.20. The molecule has 0 radical (unpaired) electrons. The third-order valence-corrected chi connectivity index (χ3v) is 3.55. The van der Waals surface area contributed by atoms with Crippen molar-refractivity contribution in [2.24, 2.45) is 0 Å². The molecular formula is C6H6F8O8S2-2. The van der Waals surface area contributed by atoms with Crippen LogP contribution in [0.15, 0.2) is 0 Å². The molecule has 148 valence electrons. The average molecular weight is 422 g/mol. The van der Waals surface area contributed by atoms with Gasteiger partial charge in [-0.25, -0.2) is 16.8 Å². The Morgan fingerprint density at radius 3 is 0.833 bits per heavy atom. The SMILES string of the molecule is COC(F)(F)C(F)(F)S(=O)(=O)[O-].COC(F)(F)C(F)(F)S(=O)(=O)[O-]. The fourth-order valence-electron chi connectivity index (χ4n) is 0.529. The Morgan fingerprint density at radius 1 is 0.625 bits per heavy atom. The minimum atomic E-state index is -6.43. The second-order valence-electron chi connectivity index (χ2n) is 3.38. The number of hydrogen-bond acceptors (Lipinski definition) is 8. The van der Waals surface area contributed by atoms with Crippen LogP contribution in [0.1, 0.15) is 0 Å².